The molecule has 0 saturated carbocycles. The molecule has 0 N–H and O–H groups in total. The first-order chi connectivity index (χ1) is 32.5. The molecule has 1 heterocycles. The maximum absolute atomic E-state index is 5.98. The minimum absolute atomic E-state index is 0.226. The fourth-order valence-corrected chi connectivity index (χ4v) is 10.9. The molecule has 1 aliphatic heterocycles. The molecule has 4 heteroatoms. The van der Waals surface area contributed by atoms with Crippen LogP contribution in [0.5, 0.6) is 0 Å². The van der Waals surface area contributed by atoms with Gasteiger partial charge in [0.25, 0.3) is 0 Å². The summed E-state index contributed by atoms with van der Waals surface area (Å²) in [4.78, 5) is 4.85. The molecule has 11 rings (SSSR count). The Kier molecular flexibility index (Phi) is 11.4. The maximum atomic E-state index is 5.98. The quantitative estimate of drug-likeness (QED) is 0.0904. The average molecular weight is 863 g/mol. The Morgan fingerprint density at radius 1 is 0.439 bits per heavy atom. The Bertz CT molecular complexity index is 2910. The maximum Gasteiger partial charge on any atom is 0.0727 e. The largest absolute Gasteiger partial charge is 0.381 e. The Morgan fingerprint density at radius 2 is 0.879 bits per heavy atom. The SMILES string of the molecule is CCc1ccc(N(c2ccccc2)c2ccc3c(c2)C2(c4ccccc4-c4ccccc42)c2cc(N(c4ccccc4)c4ccc(CCCCCCOCC5(C)COC5)cc4)ccc2-3)cc1. The highest BCUT2D eigenvalue weighted by Gasteiger charge is 2.52. The van der Waals surface area contributed by atoms with Crippen LogP contribution in [0, 0.1) is 5.41 Å². The summed E-state index contributed by atoms with van der Waals surface area (Å²) in [5.74, 6) is 0. The highest BCUT2D eigenvalue weighted by atomic mass is 16.5. The van der Waals surface area contributed by atoms with Gasteiger partial charge in [0.2, 0.25) is 0 Å². The summed E-state index contributed by atoms with van der Waals surface area (Å²) >= 11 is 0. The van der Waals surface area contributed by atoms with Crippen molar-refractivity contribution in [3.05, 3.63) is 228 Å². The monoisotopic (exact) mass is 862 g/mol. The Labute approximate surface area is 391 Å². The number of hydrogen-bond donors (Lipinski definition) is 0. The zero-order valence-electron chi connectivity index (χ0n) is 38.3. The van der Waals surface area contributed by atoms with Crippen LogP contribution in [-0.2, 0) is 27.7 Å². The van der Waals surface area contributed by atoms with Gasteiger partial charge >= 0.3 is 0 Å². The molecule has 1 saturated heterocycles. The summed E-state index contributed by atoms with van der Waals surface area (Å²) in [6.07, 6.45) is 6.80. The minimum atomic E-state index is -0.527. The predicted molar refractivity (Wildman–Crippen MR) is 273 cm³/mol. The van der Waals surface area contributed by atoms with Crippen LogP contribution in [0.2, 0.25) is 0 Å². The number of nitrogens with zero attached hydrogens (tertiary/aromatic N) is 2. The van der Waals surface area contributed by atoms with E-state index in [1.807, 2.05) is 0 Å². The van der Waals surface area contributed by atoms with Crippen molar-refractivity contribution >= 4 is 34.1 Å². The molecule has 8 aromatic carbocycles. The van der Waals surface area contributed by atoms with Crippen LogP contribution in [0.1, 0.15) is 72.9 Å². The van der Waals surface area contributed by atoms with E-state index in [1.165, 1.54) is 74.9 Å². The van der Waals surface area contributed by atoms with E-state index < -0.39 is 5.41 Å². The van der Waals surface area contributed by atoms with E-state index in [1.54, 1.807) is 0 Å². The molecule has 328 valence electrons. The van der Waals surface area contributed by atoms with E-state index in [0.29, 0.717) is 0 Å². The first-order valence-electron chi connectivity index (χ1n) is 24.1. The fraction of sp³-hybridized carbons (Fsp3) is 0.226. The molecule has 4 nitrogen and oxygen atoms in total. The van der Waals surface area contributed by atoms with Gasteiger partial charge in [-0.05, 0) is 154 Å². The van der Waals surface area contributed by atoms with E-state index in [4.69, 9.17) is 9.47 Å². The molecular formula is C62H58N2O2. The van der Waals surface area contributed by atoms with Gasteiger partial charge in [0, 0.05) is 46.1 Å². The number of para-hydroxylation sites is 2. The molecule has 8 aromatic rings. The zero-order valence-corrected chi connectivity index (χ0v) is 38.3. The molecule has 3 aliphatic rings. The van der Waals surface area contributed by atoms with Crippen LogP contribution in [0.3, 0.4) is 0 Å². The second-order valence-corrected chi connectivity index (χ2v) is 18.8. The summed E-state index contributed by atoms with van der Waals surface area (Å²) in [6.45, 7) is 7.77. The lowest BCUT2D eigenvalue weighted by Crippen LogP contribution is -2.43. The van der Waals surface area contributed by atoms with Gasteiger partial charge in [-0.15, -0.1) is 0 Å². The van der Waals surface area contributed by atoms with Gasteiger partial charge in [-0.1, -0.05) is 148 Å². The van der Waals surface area contributed by atoms with Crippen LogP contribution >= 0.6 is 0 Å². The number of hydrogen-bond acceptors (Lipinski definition) is 4. The average Bonchev–Trinajstić information content (AvgIpc) is 3.82. The molecule has 66 heavy (non-hydrogen) atoms. The minimum Gasteiger partial charge on any atom is -0.381 e. The van der Waals surface area contributed by atoms with Crippen LogP contribution in [0.25, 0.3) is 22.3 Å². The van der Waals surface area contributed by atoms with Crippen LogP contribution in [0.15, 0.2) is 194 Å². The Balaban J connectivity index is 0.967. The molecule has 1 fully saturated rings. The van der Waals surface area contributed by atoms with Crippen LogP contribution in [-0.4, -0.2) is 26.4 Å². The van der Waals surface area contributed by atoms with Crippen molar-refractivity contribution in [3.8, 4) is 22.3 Å². The molecule has 0 bridgehead atoms. The summed E-state index contributed by atoms with van der Waals surface area (Å²) < 4.78 is 11.3. The summed E-state index contributed by atoms with van der Waals surface area (Å²) in [5.41, 5.74) is 19.7. The topological polar surface area (TPSA) is 24.9 Å². The second-order valence-electron chi connectivity index (χ2n) is 18.8. The van der Waals surface area contributed by atoms with Crippen LogP contribution in [0.4, 0.5) is 34.1 Å². The predicted octanol–water partition coefficient (Wildman–Crippen LogP) is 15.7. The number of rotatable bonds is 16. The van der Waals surface area contributed by atoms with Gasteiger partial charge in [0.05, 0.1) is 25.2 Å². The zero-order chi connectivity index (χ0) is 44.5. The summed E-state index contributed by atoms with van der Waals surface area (Å²) in [6, 6.07) is 72.7. The lowest BCUT2D eigenvalue weighted by molar-refractivity contribution is -0.137. The van der Waals surface area contributed by atoms with Crippen molar-refractivity contribution in [2.24, 2.45) is 5.41 Å². The third-order valence-electron chi connectivity index (χ3n) is 14.3. The van der Waals surface area contributed by atoms with Gasteiger partial charge in [-0.2, -0.15) is 0 Å². The van der Waals surface area contributed by atoms with Gasteiger partial charge in [0.15, 0.2) is 0 Å². The number of ether oxygens (including phenoxy) is 2. The van der Waals surface area contributed by atoms with E-state index in [-0.39, 0.29) is 5.41 Å². The van der Waals surface area contributed by atoms with Crippen molar-refractivity contribution in [3.63, 3.8) is 0 Å². The van der Waals surface area contributed by atoms with Gasteiger partial charge in [-0.3, -0.25) is 0 Å². The number of aryl methyl sites for hydroxylation is 2. The molecule has 0 aromatic heterocycles. The van der Waals surface area contributed by atoms with Crippen molar-refractivity contribution in [2.75, 3.05) is 36.2 Å². The van der Waals surface area contributed by atoms with E-state index in [9.17, 15) is 0 Å². The van der Waals surface area contributed by atoms with E-state index in [2.05, 4.69) is 218 Å². The molecular weight excluding hydrogens is 805 g/mol. The lowest BCUT2D eigenvalue weighted by atomic mass is 9.70. The Morgan fingerprint density at radius 3 is 1.38 bits per heavy atom. The van der Waals surface area contributed by atoms with Gasteiger partial charge in [-0.25, -0.2) is 0 Å². The normalized spacial score (nSPS) is 14.5. The van der Waals surface area contributed by atoms with Crippen molar-refractivity contribution in [2.45, 2.75) is 57.8 Å². The molecule has 0 atom stereocenters. The fourth-order valence-electron chi connectivity index (χ4n) is 10.9. The highest BCUT2D eigenvalue weighted by molar-refractivity contribution is 5.97. The molecule has 1 spiro atoms. The molecule has 0 radical (unpaired) electrons. The highest BCUT2D eigenvalue weighted by Crippen LogP contribution is 2.64. The molecule has 0 unspecified atom stereocenters. The smallest absolute Gasteiger partial charge is 0.0727 e. The third kappa shape index (κ3) is 7.52. The number of anilines is 6. The second kappa shape index (κ2) is 17.9. The molecule has 2 aliphatic carbocycles. The summed E-state index contributed by atoms with van der Waals surface area (Å²) in [5, 5.41) is 0. The van der Waals surface area contributed by atoms with Gasteiger partial charge in [0.1, 0.15) is 0 Å². The van der Waals surface area contributed by atoms with Crippen LogP contribution < -0.4 is 9.80 Å². The van der Waals surface area contributed by atoms with Crippen molar-refractivity contribution in [1.82, 2.24) is 0 Å². The van der Waals surface area contributed by atoms with Crippen molar-refractivity contribution in [1.29, 1.82) is 0 Å². The lowest BCUT2D eigenvalue weighted by Gasteiger charge is -2.37. The standard InChI is InChI=1S/C62H58N2O2/c1-3-45-27-31-49(32-28-45)63(47-19-9-6-10-20-47)51-35-37-55-56-38-36-52(41-60(56)62(59(55)40-51)57-25-15-13-23-53(57)54-24-14-16-26-58(54)62)64(48-21-11-7-12-22-48)50-33-29-46(30-34-50)18-8-4-5-17-39-65-42-61(2)43-66-44-61/h6-7,9-16,19-38,40-41H,3-5,8,17-18,39,42-44H2,1-2H3. The number of benzene rings is 8. The summed E-state index contributed by atoms with van der Waals surface area (Å²) in [7, 11) is 0. The first-order valence-corrected chi connectivity index (χ1v) is 24.1. The van der Waals surface area contributed by atoms with E-state index >= 15 is 0 Å². The first kappa shape index (κ1) is 41.9. The molecule has 0 amide bonds. The van der Waals surface area contributed by atoms with E-state index in [0.717, 1.165) is 79.8 Å². The Hall–Kier alpha value is -6.72. The van der Waals surface area contributed by atoms with Gasteiger partial charge < -0.3 is 19.3 Å². The third-order valence-corrected chi connectivity index (χ3v) is 14.3. The van der Waals surface area contributed by atoms with Crippen molar-refractivity contribution < 1.29 is 9.47 Å². The number of unbranched alkanes of at least 4 members (excludes halogenated alkanes) is 3. The number of fused-ring (bicyclic) bond motifs is 10.